The number of thiophene rings is 1. The second-order valence-electron chi connectivity index (χ2n) is 7.89. The maximum absolute atomic E-state index is 13.1. The molecule has 1 atom stereocenters. The number of morpholine rings is 1. The van der Waals surface area contributed by atoms with Crippen molar-refractivity contribution in [3.63, 3.8) is 0 Å². The maximum atomic E-state index is 13.1. The van der Waals surface area contributed by atoms with Gasteiger partial charge in [0.2, 0.25) is 0 Å². The zero-order chi connectivity index (χ0) is 23.4. The topological polar surface area (TPSA) is 88.5 Å². The average Bonchev–Trinajstić information content (AvgIpc) is 3.46. The largest absolute Gasteiger partial charge is 0.507 e. The number of likely N-dealkylation sites (tertiary alicyclic amines) is 1. The van der Waals surface area contributed by atoms with Crippen LogP contribution in [0, 0.1) is 0 Å². The van der Waals surface area contributed by atoms with Crippen LogP contribution in [0.15, 0.2) is 41.3 Å². The van der Waals surface area contributed by atoms with E-state index >= 15 is 0 Å². The predicted molar refractivity (Wildman–Crippen MR) is 125 cm³/mol. The molecule has 33 heavy (non-hydrogen) atoms. The first-order valence-corrected chi connectivity index (χ1v) is 11.8. The number of hydrogen-bond acceptors (Lipinski definition) is 8. The Morgan fingerprint density at radius 2 is 1.88 bits per heavy atom. The zero-order valence-corrected chi connectivity index (χ0v) is 19.6. The first-order valence-electron chi connectivity index (χ1n) is 10.9. The summed E-state index contributed by atoms with van der Waals surface area (Å²) in [7, 11) is 3.03. The van der Waals surface area contributed by atoms with Crippen LogP contribution < -0.4 is 9.47 Å². The summed E-state index contributed by atoms with van der Waals surface area (Å²) in [6.45, 7) is 4.40. The molecule has 2 aromatic rings. The van der Waals surface area contributed by atoms with E-state index in [1.54, 1.807) is 23.1 Å². The van der Waals surface area contributed by atoms with E-state index < -0.39 is 17.7 Å². The number of aliphatic hydroxyl groups is 1. The van der Waals surface area contributed by atoms with Gasteiger partial charge < -0.3 is 24.2 Å². The molecular formula is C24H28N2O6S. The highest BCUT2D eigenvalue weighted by Crippen LogP contribution is 2.42. The lowest BCUT2D eigenvalue weighted by Gasteiger charge is -2.28. The summed E-state index contributed by atoms with van der Waals surface area (Å²) in [5.41, 5.74) is 0.488. The SMILES string of the molecule is COc1ccc(/C(O)=C2/C(=O)C(=O)N(CCCN3CCOCC3)C2c2cccs2)cc1OC. The molecule has 176 valence electrons. The van der Waals surface area contributed by atoms with Gasteiger partial charge in [-0.1, -0.05) is 6.07 Å². The van der Waals surface area contributed by atoms with Gasteiger partial charge in [0.1, 0.15) is 5.76 Å². The van der Waals surface area contributed by atoms with Crippen LogP contribution in [-0.4, -0.2) is 80.2 Å². The maximum Gasteiger partial charge on any atom is 0.295 e. The Morgan fingerprint density at radius 3 is 2.55 bits per heavy atom. The van der Waals surface area contributed by atoms with E-state index in [2.05, 4.69) is 4.90 Å². The Bertz CT molecular complexity index is 1030. The van der Waals surface area contributed by atoms with Gasteiger partial charge in [0.05, 0.1) is 39.0 Å². The molecule has 1 amide bonds. The lowest BCUT2D eigenvalue weighted by molar-refractivity contribution is -0.140. The van der Waals surface area contributed by atoms with Crippen LogP contribution in [0.5, 0.6) is 11.5 Å². The van der Waals surface area contributed by atoms with Gasteiger partial charge >= 0.3 is 0 Å². The van der Waals surface area contributed by atoms with Gasteiger partial charge in [0.15, 0.2) is 11.5 Å². The average molecular weight is 473 g/mol. The lowest BCUT2D eigenvalue weighted by Crippen LogP contribution is -2.38. The Hall–Kier alpha value is -2.88. The number of benzene rings is 1. The molecule has 1 unspecified atom stereocenters. The molecule has 2 aliphatic rings. The molecule has 0 saturated carbocycles. The quantitative estimate of drug-likeness (QED) is 0.359. The third-order valence-electron chi connectivity index (χ3n) is 5.99. The van der Waals surface area contributed by atoms with Gasteiger partial charge in [-0.3, -0.25) is 14.5 Å². The van der Waals surface area contributed by atoms with Crippen molar-refractivity contribution in [1.29, 1.82) is 0 Å². The molecule has 2 saturated heterocycles. The highest BCUT2D eigenvalue weighted by molar-refractivity contribution is 7.10. The smallest absolute Gasteiger partial charge is 0.295 e. The van der Waals surface area contributed by atoms with Crippen molar-refractivity contribution in [2.75, 3.05) is 53.6 Å². The Balaban J connectivity index is 1.65. The monoisotopic (exact) mass is 472 g/mol. The number of ether oxygens (including phenoxy) is 3. The summed E-state index contributed by atoms with van der Waals surface area (Å²) >= 11 is 1.46. The molecule has 0 aliphatic carbocycles. The highest BCUT2D eigenvalue weighted by atomic mass is 32.1. The third kappa shape index (κ3) is 4.75. The molecule has 0 spiro atoms. The highest BCUT2D eigenvalue weighted by Gasteiger charge is 2.46. The van der Waals surface area contributed by atoms with Gasteiger partial charge in [-0.15, -0.1) is 11.3 Å². The Labute approximate surface area is 197 Å². The van der Waals surface area contributed by atoms with Crippen LogP contribution >= 0.6 is 11.3 Å². The van der Waals surface area contributed by atoms with Crippen molar-refractivity contribution < 1.29 is 28.9 Å². The van der Waals surface area contributed by atoms with Crippen molar-refractivity contribution in [2.24, 2.45) is 0 Å². The predicted octanol–water partition coefficient (Wildman–Crippen LogP) is 2.91. The number of rotatable bonds is 8. The Morgan fingerprint density at radius 1 is 1.12 bits per heavy atom. The number of aliphatic hydroxyl groups excluding tert-OH is 1. The van der Waals surface area contributed by atoms with Crippen LogP contribution in [-0.2, 0) is 14.3 Å². The summed E-state index contributed by atoms with van der Waals surface area (Å²) < 4.78 is 16.0. The van der Waals surface area contributed by atoms with E-state index in [0.717, 1.165) is 30.9 Å². The molecule has 4 rings (SSSR count). The second-order valence-corrected chi connectivity index (χ2v) is 8.86. The number of hydrogen-bond donors (Lipinski definition) is 1. The fraction of sp³-hybridized carbons (Fsp3) is 0.417. The van der Waals surface area contributed by atoms with Crippen LogP contribution in [0.4, 0.5) is 0 Å². The van der Waals surface area contributed by atoms with Gasteiger partial charge in [-0.25, -0.2) is 0 Å². The number of carbonyl (C=O) groups excluding carboxylic acids is 2. The van der Waals surface area contributed by atoms with Crippen LogP contribution in [0.1, 0.15) is 22.9 Å². The van der Waals surface area contributed by atoms with Crippen LogP contribution in [0.3, 0.4) is 0 Å². The Kier molecular flexibility index (Phi) is 7.32. The molecule has 2 fully saturated rings. The fourth-order valence-corrected chi connectivity index (χ4v) is 5.13. The molecule has 1 aromatic heterocycles. The molecule has 8 nitrogen and oxygen atoms in total. The van der Waals surface area contributed by atoms with Gasteiger partial charge in [-0.2, -0.15) is 0 Å². The third-order valence-corrected chi connectivity index (χ3v) is 6.91. The number of Topliss-reactive ketones (excluding diaryl/α,β-unsaturated/α-hetero) is 1. The van der Waals surface area contributed by atoms with Crippen molar-refractivity contribution in [1.82, 2.24) is 9.80 Å². The number of nitrogens with zero attached hydrogens (tertiary/aromatic N) is 2. The van der Waals surface area contributed by atoms with Crippen LogP contribution in [0.25, 0.3) is 5.76 Å². The summed E-state index contributed by atoms with van der Waals surface area (Å²) in [5.74, 6) is -0.547. The normalized spacial score (nSPS) is 20.9. The summed E-state index contributed by atoms with van der Waals surface area (Å²) in [5, 5.41) is 13.1. The van der Waals surface area contributed by atoms with Gasteiger partial charge in [0.25, 0.3) is 11.7 Å². The van der Waals surface area contributed by atoms with E-state index in [4.69, 9.17) is 14.2 Å². The molecule has 0 radical (unpaired) electrons. The first-order chi connectivity index (χ1) is 16.0. The molecule has 3 heterocycles. The van der Waals surface area contributed by atoms with Crippen molar-refractivity contribution >= 4 is 28.8 Å². The molecule has 0 bridgehead atoms. The summed E-state index contributed by atoms with van der Waals surface area (Å²) in [6, 6.07) is 8.05. The minimum Gasteiger partial charge on any atom is -0.507 e. The van der Waals surface area contributed by atoms with E-state index in [1.807, 2.05) is 17.5 Å². The molecule has 1 N–H and O–H groups in total. The van der Waals surface area contributed by atoms with E-state index in [9.17, 15) is 14.7 Å². The molecule has 9 heteroatoms. The van der Waals surface area contributed by atoms with Crippen molar-refractivity contribution in [3.05, 3.63) is 51.7 Å². The van der Waals surface area contributed by atoms with Crippen molar-refractivity contribution in [2.45, 2.75) is 12.5 Å². The minimum absolute atomic E-state index is 0.0982. The number of amides is 1. The fourth-order valence-electron chi connectivity index (χ4n) is 4.28. The summed E-state index contributed by atoms with van der Waals surface area (Å²) in [4.78, 5) is 30.8. The van der Waals surface area contributed by atoms with Crippen molar-refractivity contribution in [3.8, 4) is 11.5 Å². The van der Waals surface area contributed by atoms with Gasteiger partial charge in [-0.05, 0) is 36.1 Å². The lowest BCUT2D eigenvalue weighted by atomic mass is 9.99. The van der Waals surface area contributed by atoms with E-state index in [0.29, 0.717) is 36.8 Å². The standard InChI is InChI=1S/C24H28N2O6S/c1-30-17-7-6-16(15-18(17)31-2)22(27)20-21(19-5-3-14-33-19)26(24(29)23(20)28)9-4-8-25-10-12-32-13-11-25/h3,5-7,14-15,21,27H,4,8-13H2,1-2H3/b22-20-. The first kappa shape index (κ1) is 23.3. The molecule has 1 aromatic carbocycles. The van der Waals surface area contributed by atoms with E-state index in [-0.39, 0.29) is 11.3 Å². The zero-order valence-electron chi connectivity index (χ0n) is 18.8. The summed E-state index contributed by atoms with van der Waals surface area (Å²) in [6.07, 6.45) is 0.727. The molecule has 2 aliphatic heterocycles. The van der Waals surface area contributed by atoms with Crippen LogP contribution in [0.2, 0.25) is 0 Å². The minimum atomic E-state index is -0.674. The van der Waals surface area contributed by atoms with E-state index in [1.165, 1.54) is 25.6 Å². The number of carbonyl (C=O) groups is 2. The number of methoxy groups -OCH3 is 2. The van der Waals surface area contributed by atoms with Gasteiger partial charge in [0, 0.05) is 36.6 Å². The second kappa shape index (κ2) is 10.4. The number of ketones is 1. The molecular weight excluding hydrogens is 444 g/mol.